The average Bonchev–Trinajstić information content (AvgIpc) is 3.61. The molecular formula is C27H30N6O4. The fourth-order valence-corrected chi connectivity index (χ4v) is 4.35. The number of hydrogen-bond acceptors (Lipinski definition) is 6. The van der Waals surface area contributed by atoms with Crippen LogP contribution >= 0.6 is 0 Å². The van der Waals surface area contributed by atoms with Gasteiger partial charge >= 0.3 is 6.03 Å². The van der Waals surface area contributed by atoms with E-state index in [2.05, 4.69) is 15.7 Å². The third kappa shape index (κ3) is 5.41. The number of urea groups is 1. The lowest BCUT2D eigenvalue weighted by molar-refractivity contribution is -0.0819. The van der Waals surface area contributed by atoms with E-state index in [1.54, 1.807) is 22.7 Å². The van der Waals surface area contributed by atoms with Gasteiger partial charge in [-0.3, -0.25) is 10.00 Å². The number of aryl methyl sites for hydroxylation is 1. The van der Waals surface area contributed by atoms with Crippen LogP contribution in [0.2, 0.25) is 0 Å². The minimum atomic E-state index is -0.685. The molecule has 1 fully saturated rings. The summed E-state index contributed by atoms with van der Waals surface area (Å²) in [4.78, 5) is 13.3. The standard InChI is InChI=1S/C27H30N6O4/c1-18-23(20-16-28-32(2)17-20)31-33(21-12-8-5-9-13-21)25(18)29-27(34)30-26-24(19-10-6-4-7-11-19)36-22(37-26)14-15-35-3/h4-13,16-17,22,24,26H,14-15H2,1-3H3,(H2,29,30,34)/t22-,24-,26+/m0/s1. The minimum Gasteiger partial charge on any atom is -0.384 e. The Morgan fingerprint density at radius 1 is 1.08 bits per heavy atom. The zero-order chi connectivity index (χ0) is 25.8. The van der Waals surface area contributed by atoms with Crippen LogP contribution in [0.5, 0.6) is 0 Å². The third-order valence-electron chi connectivity index (χ3n) is 6.16. The van der Waals surface area contributed by atoms with Gasteiger partial charge < -0.3 is 19.5 Å². The molecule has 1 aliphatic rings. The van der Waals surface area contributed by atoms with Crippen molar-refractivity contribution in [3.8, 4) is 16.9 Å². The zero-order valence-corrected chi connectivity index (χ0v) is 21.0. The molecule has 0 saturated carbocycles. The van der Waals surface area contributed by atoms with Crippen molar-refractivity contribution in [1.29, 1.82) is 0 Å². The molecule has 0 bridgehead atoms. The third-order valence-corrected chi connectivity index (χ3v) is 6.16. The normalized spacial score (nSPS) is 19.2. The summed E-state index contributed by atoms with van der Waals surface area (Å²) in [6.45, 7) is 2.41. The molecule has 5 rings (SSSR count). The van der Waals surface area contributed by atoms with E-state index in [0.717, 1.165) is 28.1 Å². The number of anilines is 1. The van der Waals surface area contributed by atoms with Crippen LogP contribution in [0.3, 0.4) is 0 Å². The SMILES string of the molecule is COCC[C@@H]1O[C@@H](NC(=O)Nc2c(C)c(-c3cnn(C)c3)nn2-c2ccccc2)[C@H](c2ccccc2)O1. The van der Waals surface area contributed by atoms with E-state index in [1.165, 1.54) is 0 Å². The fraction of sp³-hybridized carbons (Fsp3) is 0.296. The molecule has 2 aromatic carbocycles. The number of para-hydroxylation sites is 1. The van der Waals surface area contributed by atoms with Gasteiger partial charge in [-0.15, -0.1) is 0 Å². The number of nitrogens with one attached hydrogen (secondary N) is 2. The van der Waals surface area contributed by atoms with Gasteiger partial charge in [-0.2, -0.15) is 10.2 Å². The van der Waals surface area contributed by atoms with E-state index in [1.807, 2.05) is 80.8 Å². The lowest BCUT2D eigenvalue weighted by Crippen LogP contribution is -2.41. The molecule has 10 nitrogen and oxygen atoms in total. The summed E-state index contributed by atoms with van der Waals surface area (Å²) < 4.78 is 20.8. The maximum absolute atomic E-state index is 13.3. The summed E-state index contributed by atoms with van der Waals surface area (Å²) in [5.41, 5.74) is 4.13. The van der Waals surface area contributed by atoms with Crippen LogP contribution in [0.4, 0.5) is 10.6 Å². The molecule has 4 aromatic rings. The predicted molar refractivity (Wildman–Crippen MR) is 138 cm³/mol. The van der Waals surface area contributed by atoms with Gasteiger partial charge in [-0.25, -0.2) is 9.48 Å². The Kier molecular flexibility index (Phi) is 7.31. The molecule has 0 radical (unpaired) electrons. The van der Waals surface area contributed by atoms with Crippen LogP contribution in [0.1, 0.15) is 23.7 Å². The molecule has 0 unspecified atom stereocenters. The van der Waals surface area contributed by atoms with Gasteiger partial charge in [0, 0.05) is 37.9 Å². The van der Waals surface area contributed by atoms with E-state index in [9.17, 15) is 4.79 Å². The largest absolute Gasteiger partial charge is 0.384 e. The molecule has 10 heteroatoms. The Balaban J connectivity index is 1.41. The Morgan fingerprint density at radius 2 is 1.81 bits per heavy atom. The number of methoxy groups -OCH3 is 1. The van der Waals surface area contributed by atoms with Crippen molar-refractivity contribution in [3.05, 3.63) is 84.2 Å². The Hall–Kier alpha value is -3.99. The lowest BCUT2D eigenvalue weighted by Gasteiger charge is -2.19. The second kappa shape index (κ2) is 11.0. The van der Waals surface area contributed by atoms with Crippen LogP contribution in [0, 0.1) is 6.92 Å². The zero-order valence-electron chi connectivity index (χ0n) is 21.0. The first-order valence-corrected chi connectivity index (χ1v) is 12.1. The van der Waals surface area contributed by atoms with Crippen molar-refractivity contribution in [2.24, 2.45) is 7.05 Å². The molecule has 3 heterocycles. The monoisotopic (exact) mass is 502 g/mol. The second-order valence-corrected chi connectivity index (χ2v) is 8.81. The summed E-state index contributed by atoms with van der Waals surface area (Å²) in [7, 11) is 3.48. The molecule has 1 saturated heterocycles. The van der Waals surface area contributed by atoms with Gasteiger partial charge in [0.25, 0.3) is 0 Å². The van der Waals surface area contributed by atoms with Crippen molar-refractivity contribution in [3.63, 3.8) is 0 Å². The molecule has 3 atom stereocenters. The van der Waals surface area contributed by atoms with Crippen LogP contribution in [0.15, 0.2) is 73.1 Å². The number of ether oxygens (including phenoxy) is 3. The molecular weight excluding hydrogens is 472 g/mol. The fourth-order valence-electron chi connectivity index (χ4n) is 4.35. The molecule has 2 amide bonds. The highest BCUT2D eigenvalue weighted by molar-refractivity contribution is 5.91. The quantitative estimate of drug-likeness (QED) is 0.375. The first kappa shape index (κ1) is 24.7. The van der Waals surface area contributed by atoms with Gasteiger partial charge in [0.15, 0.2) is 12.5 Å². The highest BCUT2D eigenvalue weighted by atomic mass is 16.7. The number of hydrogen-bond donors (Lipinski definition) is 2. The van der Waals surface area contributed by atoms with E-state index in [4.69, 9.17) is 19.3 Å². The molecule has 0 spiro atoms. The van der Waals surface area contributed by atoms with E-state index < -0.39 is 24.7 Å². The maximum Gasteiger partial charge on any atom is 0.322 e. The summed E-state index contributed by atoms with van der Waals surface area (Å²) >= 11 is 0. The van der Waals surface area contributed by atoms with Crippen LogP contribution in [0.25, 0.3) is 16.9 Å². The Bertz CT molecular complexity index is 1340. The number of benzene rings is 2. The van der Waals surface area contributed by atoms with Crippen molar-refractivity contribution >= 4 is 11.8 Å². The molecule has 0 aliphatic carbocycles. The lowest BCUT2D eigenvalue weighted by atomic mass is 10.1. The summed E-state index contributed by atoms with van der Waals surface area (Å²) in [6, 6.07) is 18.9. The number of aromatic nitrogens is 4. The molecule has 192 valence electrons. The highest BCUT2D eigenvalue weighted by Gasteiger charge is 2.38. The number of nitrogens with zero attached hydrogens (tertiary/aromatic N) is 4. The van der Waals surface area contributed by atoms with Gasteiger partial charge in [0.05, 0.1) is 18.5 Å². The van der Waals surface area contributed by atoms with Gasteiger partial charge in [-0.05, 0) is 24.6 Å². The predicted octanol–water partition coefficient (Wildman–Crippen LogP) is 4.18. The first-order valence-electron chi connectivity index (χ1n) is 12.1. The summed E-state index contributed by atoms with van der Waals surface area (Å²) in [6.07, 6.45) is 2.55. The first-order chi connectivity index (χ1) is 18.0. The molecule has 2 aromatic heterocycles. The van der Waals surface area contributed by atoms with Crippen molar-refractivity contribution in [2.45, 2.75) is 32.0 Å². The molecule has 2 N–H and O–H groups in total. The van der Waals surface area contributed by atoms with Gasteiger partial charge in [0.2, 0.25) is 0 Å². The summed E-state index contributed by atoms with van der Waals surface area (Å²) in [5.74, 6) is 0.550. The highest BCUT2D eigenvalue weighted by Crippen LogP contribution is 2.33. The van der Waals surface area contributed by atoms with Crippen molar-refractivity contribution in [2.75, 3.05) is 19.0 Å². The smallest absolute Gasteiger partial charge is 0.322 e. The Labute approximate surface area is 215 Å². The molecule has 37 heavy (non-hydrogen) atoms. The summed E-state index contributed by atoms with van der Waals surface area (Å²) in [5, 5.41) is 15.0. The minimum absolute atomic E-state index is 0.431. The second-order valence-electron chi connectivity index (χ2n) is 8.81. The van der Waals surface area contributed by atoms with Gasteiger partial charge in [0.1, 0.15) is 17.6 Å². The maximum atomic E-state index is 13.3. The van der Waals surface area contributed by atoms with Crippen molar-refractivity contribution < 1.29 is 19.0 Å². The van der Waals surface area contributed by atoms with Crippen molar-refractivity contribution in [1.82, 2.24) is 24.9 Å². The number of carbonyl (C=O) groups excluding carboxylic acids is 1. The molecule has 1 aliphatic heterocycles. The van der Waals surface area contributed by atoms with Gasteiger partial charge in [-0.1, -0.05) is 48.5 Å². The van der Waals surface area contributed by atoms with E-state index in [0.29, 0.717) is 18.8 Å². The van der Waals surface area contributed by atoms with E-state index in [-0.39, 0.29) is 0 Å². The van der Waals surface area contributed by atoms with Crippen LogP contribution < -0.4 is 10.6 Å². The van der Waals surface area contributed by atoms with Crippen LogP contribution in [-0.2, 0) is 21.3 Å². The number of amides is 2. The number of carbonyl (C=O) groups is 1. The Morgan fingerprint density at radius 3 is 2.49 bits per heavy atom. The topological polar surface area (TPSA) is 104 Å². The number of rotatable bonds is 8. The van der Waals surface area contributed by atoms with Crippen LogP contribution in [-0.4, -0.2) is 51.8 Å². The average molecular weight is 503 g/mol. The van der Waals surface area contributed by atoms with E-state index >= 15 is 0 Å².